The van der Waals surface area contributed by atoms with E-state index in [9.17, 15) is 9.59 Å². The molecule has 1 amide bonds. The van der Waals surface area contributed by atoms with Crippen LogP contribution in [0.5, 0.6) is 0 Å². The second kappa shape index (κ2) is 9.08. The van der Waals surface area contributed by atoms with Crippen LogP contribution in [0.4, 0.5) is 5.82 Å². The highest BCUT2D eigenvalue weighted by Gasteiger charge is 2.26. The number of thioether (sulfide) groups is 1. The number of ether oxygens (including phenoxy) is 1. The standard InChI is InChI=1S/C20H27N3O3S/c1-6-26-18(25)16-17(21-15(24)12-20(2,3)4)22-19(27-5)23(16)13-14-10-8-7-9-11-14/h7-11H,6,12-13H2,1-5H3,(H,21,24). The SMILES string of the molecule is CCOC(=O)c1c(NC(=O)CC(C)(C)C)nc(SC)n1Cc1ccccc1. The molecule has 0 unspecified atom stereocenters. The van der Waals surface area contributed by atoms with Crippen LogP contribution in [0.2, 0.25) is 0 Å². The topological polar surface area (TPSA) is 73.2 Å². The van der Waals surface area contributed by atoms with E-state index in [0.29, 0.717) is 18.1 Å². The number of imidazole rings is 1. The van der Waals surface area contributed by atoms with Gasteiger partial charge in [-0.3, -0.25) is 4.79 Å². The molecule has 1 aromatic carbocycles. The van der Waals surface area contributed by atoms with Gasteiger partial charge < -0.3 is 14.6 Å². The van der Waals surface area contributed by atoms with E-state index < -0.39 is 5.97 Å². The predicted molar refractivity (Wildman–Crippen MR) is 108 cm³/mol. The Balaban J connectivity index is 2.43. The van der Waals surface area contributed by atoms with Crippen LogP contribution < -0.4 is 5.32 Å². The molecule has 0 aliphatic carbocycles. The molecule has 7 heteroatoms. The van der Waals surface area contributed by atoms with Crippen molar-refractivity contribution in [3.8, 4) is 0 Å². The van der Waals surface area contributed by atoms with Crippen molar-refractivity contribution in [2.24, 2.45) is 5.41 Å². The summed E-state index contributed by atoms with van der Waals surface area (Å²) < 4.78 is 7.02. The number of hydrogen-bond acceptors (Lipinski definition) is 5. The fraction of sp³-hybridized carbons (Fsp3) is 0.450. The van der Waals surface area contributed by atoms with E-state index >= 15 is 0 Å². The van der Waals surface area contributed by atoms with Crippen molar-refractivity contribution in [2.45, 2.75) is 45.8 Å². The van der Waals surface area contributed by atoms with E-state index in [-0.39, 0.29) is 29.4 Å². The molecular formula is C20H27N3O3S. The van der Waals surface area contributed by atoms with Gasteiger partial charge in [-0.2, -0.15) is 0 Å². The molecule has 6 nitrogen and oxygen atoms in total. The van der Waals surface area contributed by atoms with Gasteiger partial charge >= 0.3 is 5.97 Å². The zero-order valence-electron chi connectivity index (χ0n) is 16.5. The van der Waals surface area contributed by atoms with Gasteiger partial charge in [-0.05, 0) is 24.2 Å². The Morgan fingerprint density at radius 3 is 2.44 bits per heavy atom. The van der Waals surface area contributed by atoms with Crippen LogP contribution in [-0.2, 0) is 16.1 Å². The van der Waals surface area contributed by atoms with E-state index in [1.807, 2.05) is 57.4 Å². The molecule has 0 radical (unpaired) electrons. The van der Waals surface area contributed by atoms with Crippen molar-refractivity contribution in [1.82, 2.24) is 9.55 Å². The number of hydrogen-bond donors (Lipinski definition) is 1. The molecule has 146 valence electrons. The minimum Gasteiger partial charge on any atom is -0.461 e. The third kappa shape index (κ3) is 5.85. The summed E-state index contributed by atoms with van der Waals surface area (Å²) in [6.45, 7) is 8.43. The lowest BCUT2D eigenvalue weighted by Crippen LogP contribution is -2.22. The van der Waals surface area contributed by atoms with Gasteiger partial charge in [-0.15, -0.1) is 0 Å². The Hall–Kier alpha value is -2.28. The summed E-state index contributed by atoms with van der Waals surface area (Å²) in [4.78, 5) is 29.5. The number of nitrogens with zero attached hydrogens (tertiary/aromatic N) is 2. The minimum absolute atomic E-state index is 0.164. The molecule has 0 aliphatic heterocycles. The number of benzene rings is 1. The molecule has 2 aromatic rings. The first-order valence-electron chi connectivity index (χ1n) is 8.90. The Bertz CT molecular complexity index is 795. The highest BCUT2D eigenvalue weighted by molar-refractivity contribution is 7.98. The molecule has 1 N–H and O–H groups in total. The molecule has 27 heavy (non-hydrogen) atoms. The molecule has 0 bridgehead atoms. The normalized spacial score (nSPS) is 11.3. The first-order chi connectivity index (χ1) is 12.7. The maximum atomic E-state index is 12.6. The second-order valence-electron chi connectivity index (χ2n) is 7.37. The van der Waals surface area contributed by atoms with Crippen LogP contribution in [0.1, 0.15) is 50.2 Å². The quantitative estimate of drug-likeness (QED) is 0.567. The summed E-state index contributed by atoms with van der Waals surface area (Å²) in [5.74, 6) is -0.416. The Kier molecular flexibility index (Phi) is 7.07. The van der Waals surface area contributed by atoms with Crippen LogP contribution in [0.25, 0.3) is 0 Å². The highest BCUT2D eigenvalue weighted by Crippen LogP contribution is 2.27. The smallest absolute Gasteiger partial charge is 0.358 e. The van der Waals surface area contributed by atoms with Gasteiger partial charge in [0.25, 0.3) is 0 Å². The monoisotopic (exact) mass is 389 g/mol. The molecule has 0 fully saturated rings. The van der Waals surface area contributed by atoms with Gasteiger partial charge in [0.15, 0.2) is 16.7 Å². The van der Waals surface area contributed by atoms with E-state index in [1.54, 1.807) is 11.5 Å². The summed E-state index contributed by atoms with van der Waals surface area (Å²) in [7, 11) is 0. The van der Waals surface area contributed by atoms with Gasteiger partial charge in [0, 0.05) is 6.42 Å². The third-order valence-electron chi connectivity index (χ3n) is 3.72. The minimum atomic E-state index is -0.493. The van der Waals surface area contributed by atoms with E-state index in [0.717, 1.165) is 5.56 Å². The van der Waals surface area contributed by atoms with Gasteiger partial charge in [0.1, 0.15) is 0 Å². The number of carbonyl (C=O) groups is 2. The predicted octanol–water partition coefficient (Wildman–Crippen LogP) is 4.20. The average molecular weight is 390 g/mol. The van der Waals surface area contributed by atoms with E-state index in [1.165, 1.54) is 11.8 Å². The van der Waals surface area contributed by atoms with Crippen LogP contribution in [-0.4, -0.2) is 34.3 Å². The molecular weight excluding hydrogens is 362 g/mol. The summed E-state index contributed by atoms with van der Waals surface area (Å²) in [5, 5.41) is 3.45. The Morgan fingerprint density at radius 1 is 1.22 bits per heavy atom. The Labute approximate surface area is 164 Å². The number of carbonyl (C=O) groups excluding carboxylic acids is 2. The van der Waals surface area contributed by atoms with Crippen LogP contribution in [0.3, 0.4) is 0 Å². The lowest BCUT2D eigenvalue weighted by Gasteiger charge is -2.17. The number of rotatable bonds is 7. The highest BCUT2D eigenvalue weighted by atomic mass is 32.2. The molecule has 1 aromatic heterocycles. The summed E-state index contributed by atoms with van der Waals surface area (Å²) in [5.41, 5.74) is 1.14. The van der Waals surface area contributed by atoms with Gasteiger partial charge in [-0.1, -0.05) is 62.9 Å². The van der Waals surface area contributed by atoms with Gasteiger partial charge in [0.2, 0.25) is 5.91 Å². The first kappa shape index (κ1) is 21.0. The second-order valence-corrected chi connectivity index (χ2v) is 8.15. The summed E-state index contributed by atoms with van der Waals surface area (Å²) in [6.07, 6.45) is 2.22. The maximum absolute atomic E-state index is 12.6. The van der Waals surface area contributed by atoms with Crippen molar-refractivity contribution >= 4 is 29.5 Å². The molecule has 0 saturated carbocycles. The maximum Gasteiger partial charge on any atom is 0.358 e. The number of esters is 1. The van der Waals surface area contributed by atoms with Gasteiger partial charge in [0.05, 0.1) is 13.2 Å². The zero-order chi connectivity index (χ0) is 20.0. The first-order valence-corrected chi connectivity index (χ1v) is 10.1. The average Bonchev–Trinajstić information content (AvgIpc) is 2.91. The zero-order valence-corrected chi connectivity index (χ0v) is 17.4. The lowest BCUT2D eigenvalue weighted by atomic mass is 9.92. The lowest BCUT2D eigenvalue weighted by molar-refractivity contribution is -0.117. The molecule has 2 rings (SSSR count). The number of anilines is 1. The fourth-order valence-electron chi connectivity index (χ4n) is 2.65. The fourth-order valence-corrected chi connectivity index (χ4v) is 3.21. The molecule has 0 spiro atoms. The summed E-state index contributed by atoms with van der Waals surface area (Å²) >= 11 is 1.42. The molecule has 0 saturated heterocycles. The third-order valence-corrected chi connectivity index (χ3v) is 4.39. The van der Waals surface area contributed by atoms with Crippen molar-refractivity contribution in [3.05, 3.63) is 41.6 Å². The molecule has 1 heterocycles. The Morgan fingerprint density at radius 2 is 1.89 bits per heavy atom. The van der Waals surface area contributed by atoms with Crippen molar-refractivity contribution < 1.29 is 14.3 Å². The number of amides is 1. The van der Waals surface area contributed by atoms with Crippen molar-refractivity contribution in [2.75, 3.05) is 18.2 Å². The van der Waals surface area contributed by atoms with Crippen molar-refractivity contribution in [1.29, 1.82) is 0 Å². The summed E-state index contributed by atoms with van der Waals surface area (Å²) in [6, 6.07) is 9.80. The molecule has 0 atom stereocenters. The van der Waals surface area contributed by atoms with Crippen LogP contribution >= 0.6 is 11.8 Å². The number of nitrogens with one attached hydrogen (secondary N) is 1. The largest absolute Gasteiger partial charge is 0.461 e. The van der Waals surface area contributed by atoms with E-state index in [2.05, 4.69) is 10.3 Å². The van der Waals surface area contributed by atoms with Crippen LogP contribution in [0, 0.1) is 5.41 Å². The van der Waals surface area contributed by atoms with Crippen LogP contribution in [0.15, 0.2) is 35.5 Å². The van der Waals surface area contributed by atoms with Crippen molar-refractivity contribution in [3.63, 3.8) is 0 Å². The van der Waals surface area contributed by atoms with E-state index in [4.69, 9.17) is 4.74 Å². The van der Waals surface area contributed by atoms with Gasteiger partial charge in [-0.25, -0.2) is 9.78 Å². The molecule has 0 aliphatic rings. The number of aromatic nitrogens is 2.